The minimum atomic E-state index is -3.71. The Kier molecular flexibility index (Phi) is 5.14. The number of thioether (sulfide) groups is 1. The van der Waals surface area contributed by atoms with E-state index in [0.29, 0.717) is 5.75 Å². The molecule has 1 N–H and O–H groups in total. The summed E-state index contributed by atoms with van der Waals surface area (Å²) in [5.41, 5.74) is -0.282. The molecule has 1 rings (SSSR count). The summed E-state index contributed by atoms with van der Waals surface area (Å²) in [4.78, 5) is -0.103. The topological polar surface area (TPSA) is 70.0 Å². The standard InChI is InChI=1S/C11H13FN2O2S2/c1-8(7-17-2)14-18(15,16)10-3-4-11(12)9(5-10)6-13/h3-5,8,14H,7H2,1-2H3. The zero-order chi connectivity index (χ0) is 13.8. The second-order valence-electron chi connectivity index (χ2n) is 3.73. The van der Waals surface area contributed by atoms with E-state index < -0.39 is 15.8 Å². The Morgan fingerprint density at radius 3 is 2.78 bits per heavy atom. The Morgan fingerprint density at radius 1 is 1.56 bits per heavy atom. The van der Waals surface area contributed by atoms with Crippen molar-refractivity contribution in [1.29, 1.82) is 5.26 Å². The number of rotatable bonds is 5. The molecular weight excluding hydrogens is 275 g/mol. The van der Waals surface area contributed by atoms with Crippen molar-refractivity contribution in [2.45, 2.75) is 17.9 Å². The fourth-order valence-electron chi connectivity index (χ4n) is 1.37. The van der Waals surface area contributed by atoms with Crippen LogP contribution in [0.15, 0.2) is 23.1 Å². The van der Waals surface area contributed by atoms with Crippen molar-refractivity contribution >= 4 is 21.8 Å². The third-order valence-electron chi connectivity index (χ3n) is 2.14. The van der Waals surface area contributed by atoms with Crippen LogP contribution in [0.4, 0.5) is 4.39 Å². The number of halogens is 1. The van der Waals surface area contributed by atoms with Crippen molar-refractivity contribution in [3.8, 4) is 6.07 Å². The van der Waals surface area contributed by atoms with Crippen molar-refractivity contribution < 1.29 is 12.8 Å². The molecule has 0 aliphatic carbocycles. The van der Waals surface area contributed by atoms with E-state index in [0.717, 1.165) is 18.2 Å². The van der Waals surface area contributed by atoms with Crippen LogP contribution in [0.2, 0.25) is 0 Å². The maximum Gasteiger partial charge on any atom is 0.240 e. The predicted molar refractivity (Wildman–Crippen MR) is 69.3 cm³/mol. The van der Waals surface area contributed by atoms with Gasteiger partial charge in [-0.05, 0) is 31.4 Å². The van der Waals surface area contributed by atoms with Gasteiger partial charge in [-0.3, -0.25) is 0 Å². The largest absolute Gasteiger partial charge is 0.240 e. The van der Waals surface area contributed by atoms with Crippen molar-refractivity contribution in [2.24, 2.45) is 0 Å². The second-order valence-corrected chi connectivity index (χ2v) is 6.36. The van der Waals surface area contributed by atoms with Gasteiger partial charge in [0.25, 0.3) is 0 Å². The minimum Gasteiger partial charge on any atom is -0.208 e. The minimum absolute atomic E-state index is 0.103. The van der Waals surface area contributed by atoms with Crippen LogP contribution in [-0.4, -0.2) is 26.5 Å². The van der Waals surface area contributed by atoms with Crippen LogP contribution in [0.1, 0.15) is 12.5 Å². The zero-order valence-corrected chi connectivity index (χ0v) is 11.6. The lowest BCUT2D eigenvalue weighted by molar-refractivity contribution is 0.570. The zero-order valence-electron chi connectivity index (χ0n) is 9.97. The molecule has 0 aromatic heterocycles. The van der Waals surface area contributed by atoms with Crippen molar-refractivity contribution in [3.63, 3.8) is 0 Å². The Bertz CT molecular complexity index is 567. The predicted octanol–water partition coefficient (Wildman–Crippen LogP) is 1.73. The van der Waals surface area contributed by atoms with Crippen LogP contribution in [0, 0.1) is 17.1 Å². The van der Waals surface area contributed by atoms with E-state index in [9.17, 15) is 12.8 Å². The molecule has 98 valence electrons. The molecule has 0 spiro atoms. The van der Waals surface area contributed by atoms with Crippen molar-refractivity contribution in [1.82, 2.24) is 4.72 Å². The summed E-state index contributed by atoms with van der Waals surface area (Å²) in [7, 11) is -3.71. The monoisotopic (exact) mass is 288 g/mol. The van der Waals surface area contributed by atoms with Crippen LogP contribution in [0.5, 0.6) is 0 Å². The lowest BCUT2D eigenvalue weighted by Crippen LogP contribution is -2.34. The molecule has 18 heavy (non-hydrogen) atoms. The lowest BCUT2D eigenvalue weighted by Gasteiger charge is -2.13. The Morgan fingerprint density at radius 2 is 2.22 bits per heavy atom. The maximum atomic E-state index is 13.1. The van der Waals surface area contributed by atoms with Gasteiger partial charge < -0.3 is 0 Å². The summed E-state index contributed by atoms with van der Waals surface area (Å²) in [6.45, 7) is 1.74. The van der Waals surface area contributed by atoms with Crippen molar-refractivity contribution in [3.05, 3.63) is 29.6 Å². The van der Waals surface area contributed by atoms with Gasteiger partial charge in [0, 0.05) is 11.8 Å². The van der Waals surface area contributed by atoms with Crippen LogP contribution < -0.4 is 4.72 Å². The number of hydrogen-bond donors (Lipinski definition) is 1. The van der Waals surface area contributed by atoms with Crippen molar-refractivity contribution in [2.75, 3.05) is 12.0 Å². The van der Waals surface area contributed by atoms with E-state index >= 15 is 0 Å². The normalized spacial score (nSPS) is 13.0. The Labute approximate surface area is 110 Å². The van der Waals surface area contributed by atoms with Gasteiger partial charge in [0.05, 0.1) is 10.5 Å². The first-order valence-electron chi connectivity index (χ1n) is 5.11. The third kappa shape index (κ3) is 3.70. The number of hydrogen-bond acceptors (Lipinski definition) is 4. The molecular formula is C11H13FN2O2S2. The molecule has 0 aliphatic rings. The van der Waals surface area contributed by atoms with Gasteiger partial charge in [-0.15, -0.1) is 0 Å². The highest BCUT2D eigenvalue weighted by Gasteiger charge is 2.18. The highest BCUT2D eigenvalue weighted by molar-refractivity contribution is 7.98. The van der Waals surface area contributed by atoms with Gasteiger partial charge in [-0.2, -0.15) is 17.0 Å². The molecule has 7 heteroatoms. The molecule has 0 radical (unpaired) electrons. The second kappa shape index (κ2) is 6.18. The van der Waals surface area contributed by atoms with Gasteiger partial charge in [0.2, 0.25) is 10.0 Å². The molecule has 1 atom stereocenters. The quantitative estimate of drug-likeness (QED) is 0.895. The number of benzene rings is 1. The molecule has 0 amide bonds. The molecule has 4 nitrogen and oxygen atoms in total. The van der Waals surface area contributed by atoms with E-state index in [1.165, 1.54) is 11.8 Å². The summed E-state index contributed by atoms with van der Waals surface area (Å²) in [6.07, 6.45) is 1.87. The number of sulfonamides is 1. The van der Waals surface area contributed by atoms with Gasteiger partial charge in [-0.1, -0.05) is 0 Å². The molecule has 0 saturated carbocycles. The van der Waals surface area contributed by atoms with E-state index in [-0.39, 0.29) is 16.5 Å². The molecule has 1 unspecified atom stereocenters. The molecule has 1 aromatic carbocycles. The number of nitrogens with zero attached hydrogens (tertiary/aromatic N) is 1. The first kappa shape index (κ1) is 15.0. The first-order valence-corrected chi connectivity index (χ1v) is 7.99. The van der Waals surface area contributed by atoms with E-state index in [1.54, 1.807) is 13.0 Å². The van der Waals surface area contributed by atoms with Gasteiger partial charge >= 0.3 is 0 Å². The maximum absolute atomic E-state index is 13.1. The average molecular weight is 288 g/mol. The average Bonchev–Trinajstić information content (AvgIpc) is 2.28. The number of nitrogens with one attached hydrogen (secondary N) is 1. The summed E-state index contributed by atoms with van der Waals surface area (Å²) >= 11 is 1.52. The molecule has 0 aliphatic heterocycles. The molecule has 0 saturated heterocycles. The molecule has 0 heterocycles. The van der Waals surface area contributed by atoms with Gasteiger partial charge in [0.1, 0.15) is 11.9 Å². The highest BCUT2D eigenvalue weighted by Crippen LogP contribution is 2.15. The first-order chi connectivity index (χ1) is 8.40. The summed E-state index contributed by atoms with van der Waals surface area (Å²) < 4.78 is 39.5. The van der Waals surface area contributed by atoms with Crippen LogP contribution >= 0.6 is 11.8 Å². The SMILES string of the molecule is CSCC(C)NS(=O)(=O)c1ccc(F)c(C#N)c1. The summed E-state index contributed by atoms with van der Waals surface area (Å²) in [6, 6.07) is 4.53. The smallest absolute Gasteiger partial charge is 0.208 e. The van der Waals surface area contributed by atoms with Crippen LogP contribution in [0.25, 0.3) is 0 Å². The van der Waals surface area contributed by atoms with Gasteiger partial charge in [-0.25, -0.2) is 17.5 Å². The van der Waals surface area contributed by atoms with E-state index in [2.05, 4.69) is 4.72 Å². The van der Waals surface area contributed by atoms with E-state index in [1.807, 2.05) is 6.26 Å². The van der Waals surface area contributed by atoms with Crippen LogP contribution in [0.3, 0.4) is 0 Å². The molecule has 1 aromatic rings. The Hall–Kier alpha value is -1.10. The molecule has 0 fully saturated rings. The fraction of sp³-hybridized carbons (Fsp3) is 0.364. The molecule has 0 bridgehead atoms. The van der Waals surface area contributed by atoms with Crippen LogP contribution in [-0.2, 0) is 10.0 Å². The lowest BCUT2D eigenvalue weighted by atomic mass is 10.2. The fourth-order valence-corrected chi connectivity index (χ4v) is 3.33. The van der Waals surface area contributed by atoms with E-state index in [4.69, 9.17) is 5.26 Å². The Balaban J connectivity index is 3.03. The third-order valence-corrected chi connectivity index (χ3v) is 4.56. The van der Waals surface area contributed by atoms with Gasteiger partial charge in [0.15, 0.2) is 0 Å². The summed E-state index contributed by atoms with van der Waals surface area (Å²) in [5.74, 6) is -0.0976. The highest BCUT2D eigenvalue weighted by atomic mass is 32.2. The summed E-state index contributed by atoms with van der Waals surface area (Å²) in [5, 5.41) is 8.67. The number of nitriles is 1.